The Hall–Kier alpha value is -1.54. The van der Waals surface area contributed by atoms with E-state index in [1.165, 1.54) is 17.0 Å². The molecule has 2 fully saturated rings. The number of phenols is 1. The van der Waals surface area contributed by atoms with Crippen LogP contribution in [0.5, 0.6) is 5.75 Å². The number of halogens is 2. The molecule has 2 heterocycles. The lowest BCUT2D eigenvalue weighted by Gasteiger charge is -2.38. The fourth-order valence-electron chi connectivity index (χ4n) is 3.90. The molecular weight excluding hydrogens is 395 g/mol. The number of aromatic hydroxyl groups is 1. The van der Waals surface area contributed by atoms with Gasteiger partial charge in [-0.2, -0.15) is 0 Å². The summed E-state index contributed by atoms with van der Waals surface area (Å²) in [5, 5.41) is 20.2. The van der Waals surface area contributed by atoms with E-state index >= 15 is 0 Å². The van der Waals surface area contributed by atoms with E-state index in [1.54, 1.807) is 11.8 Å². The molecule has 2 N–H and O–H groups in total. The Balaban J connectivity index is 1.78. The number of aliphatic hydroxyl groups is 1. The van der Waals surface area contributed by atoms with E-state index in [1.807, 2.05) is 0 Å². The number of fused-ring (bicyclic) bond motifs is 1. The highest BCUT2D eigenvalue weighted by Crippen LogP contribution is 2.43. The van der Waals surface area contributed by atoms with E-state index in [-0.39, 0.29) is 36.1 Å². The highest BCUT2D eigenvalue weighted by Gasteiger charge is 2.44. The Kier molecular flexibility index (Phi) is 6.15. The van der Waals surface area contributed by atoms with Gasteiger partial charge in [-0.05, 0) is 25.5 Å². The molecule has 2 aliphatic heterocycles. The van der Waals surface area contributed by atoms with Crippen molar-refractivity contribution in [3.8, 4) is 5.75 Å². The maximum absolute atomic E-state index is 12.6. The van der Waals surface area contributed by atoms with Crippen molar-refractivity contribution in [2.24, 2.45) is 0 Å². The lowest BCUT2D eigenvalue weighted by Crippen LogP contribution is -2.57. The lowest BCUT2D eigenvalue weighted by molar-refractivity contribution is -0.155. The number of benzene rings is 1. The zero-order valence-electron chi connectivity index (χ0n) is 14.9. The number of carbonyl (C=O) groups excluding carboxylic acids is 2. The largest absolute Gasteiger partial charge is 0.508 e. The number of rotatable bonds is 5. The molecule has 0 bridgehead atoms. The molecule has 2 saturated heterocycles. The lowest BCUT2D eigenvalue weighted by atomic mass is 9.95. The Labute approximate surface area is 167 Å². The molecule has 2 aliphatic rings. The van der Waals surface area contributed by atoms with Crippen molar-refractivity contribution in [1.82, 2.24) is 9.80 Å². The first-order chi connectivity index (χ1) is 12.9. The second kappa shape index (κ2) is 8.22. The number of ether oxygens (including phenoxy) is 1. The number of hydrogen-bond donors (Lipinski definition) is 2. The fourth-order valence-corrected chi connectivity index (χ4v) is 4.38. The fraction of sp³-hybridized carbons (Fsp3) is 0.556. The molecule has 0 unspecified atom stereocenters. The molecular formula is C18H22Cl2N2O5. The molecule has 0 aliphatic carbocycles. The van der Waals surface area contributed by atoms with Crippen molar-refractivity contribution >= 4 is 35.0 Å². The predicted molar refractivity (Wildman–Crippen MR) is 100 cm³/mol. The highest BCUT2D eigenvalue weighted by atomic mass is 35.5. The summed E-state index contributed by atoms with van der Waals surface area (Å²) in [5.41, 5.74) is 0.534. The summed E-state index contributed by atoms with van der Waals surface area (Å²) in [6, 6.07) is 2.83. The standard InChI is InChI=1S/C18H22Cl2N2O5/c1-2-27-14(9-23)18(26)21-7-11-5-10(6-22(11)15(25)8-21)16-13(24)4-3-12(19)17(16)20/h3-4,10-11,14,23-24H,2,5-9H2,1H3/t10-,11-,14+/m0/s1. The van der Waals surface area contributed by atoms with Crippen LogP contribution in [0, 0.1) is 0 Å². The molecule has 9 heteroatoms. The van der Waals surface area contributed by atoms with Crippen molar-refractivity contribution in [2.75, 3.05) is 32.8 Å². The third-order valence-corrected chi connectivity index (χ3v) is 5.95. The minimum Gasteiger partial charge on any atom is -0.508 e. The van der Waals surface area contributed by atoms with E-state index in [0.29, 0.717) is 41.7 Å². The molecule has 3 atom stereocenters. The number of aliphatic hydroxyl groups excluding tert-OH is 1. The monoisotopic (exact) mass is 416 g/mol. The zero-order chi connectivity index (χ0) is 19.7. The van der Waals surface area contributed by atoms with Crippen LogP contribution < -0.4 is 0 Å². The Morgan fingerprint density at radius 1 is 1.37 bits per heavy atom. The number of nitrogens with zero attached hydrogens (tertiary/aromatic N) is 2. The first kappa shape index (κ1) is 20.2. The van der Waals surface area contributed by atoms with Crippen LogP contribution in [0.15, 0.2) is 12.1 Å². The third-order valence-electron chi connectivity index (χ3n) is 5.13. The average molecular weight is 417 g/mol. The van der Waals surface area contributed by atoms with Gasteiger partial charge in [-0.1, -0.05) is 23.2 Å². The van der Waals surface area contributed by atoms with Crippen LogP contribution in [0.1, 0.15) is 24.8 Å². The van der Waals surface area contributed by atoms with Gasteiger partial charge in [-0.25, -0.2) is 0 Å². The van der Waals surface area contributed by atoms with Crippen molar-refractivity contribution in [1.29, 1.82) is 0 Å². The van der Waals surface area contributed by atoms with Gasteiger partial charge in [0.15, 0.2) is 6.10 Å². The van der Waals surface area contributed by atoms with Gasteiger partial charge in [0.2, 0.25) is 5.91 Å². The molecule has 3 rings (SSSR count). The summed E-state index contributed by atoms with van der Waals surface area (Å²) in [6.45, 7) is 2.31. The Morgan fingerprint density at radius 2 is 2.11 bits per heavy atom. The maximum atomic E-state index is 12.6. The van der Waals surface area contributed by atoms with Gasteiger partial charge >= 0.3 is 0 Å². The third kappa shape index (κ3) is 3.87. The molecule has 148 valence electrons. The van der Waals surface area contributed by atoms with Crippen molar-refractivity contribution in [3.63, 3.8) is 0 Å². The number of amides is 2. The molecule has 2 amide bonds. The van der Waals surface area contributed by atoms with Gasteiger partial charge in [0.05, 0.1) is 29.2 Å². The SMILES string of the molecule is CCO[C@H](CO)C(=O)N1CC(=O)N2C[C@@H](c3c(O)ccc(Cl)c3Cl)C[C@H]2C1. The number of hydrogen-bond acceptors (Lipinski definition) is 5. The summed E-state index contributed by atoms with van der Waals surface area (Å²) in [4.78, 5) is 28.3. The summed E-state index contributed by atoms with van der Waals surface area (Å²) in [7, 11) is 0. The summed E-state index contributed by atoms with van der Waals surface area (Å²) < 4.78 is 5.26. The average Bonchev–Trinajstić information content (AvgIpc) is 3.07. The molecule has 0 spiro atoms. The van der Waals surface area contributed by atoms with Crippen molar-refractivity contribution in [2.45, 2.75) is 31.4 Å². The quantitative estimate of drug-likeness (QED) is 0.760. The van der Waals surface area contributed by atoms with Gasteiger partial charge in [-0.15, -0.1) is 0 Å². The smallest absolute Gasteiger partial charge is 0.254 e. The minimum absolute atomic E-state index is 0.0475. The van der Waals surface area contributed by atoms with E-state index in [4.69, 9.17) is 27.9 Å². The van der Waals surface area contributed by atoms with Gasteiger partial charge in [0.1, 0.15) is 5.75 Å². The van der Waals surface area contributed by atoms with E-state index in [9.17, 15) is 19.8 Å². The number of carbonyl (C=O) groups is 2. The maximum Gasteiger partial charge on any atom is 0.254 e. The van der Waals surface area contributed by atoms with Crippen LogP contribution in [0.25, 0.3) is 0 Å². The summed E-state index contributed by atoms with van der Waals surface area (Å²) in [6.07, 6.45) is -0.403. The Bertz CT molecular complexity index is 745. The van der Waals surface area contributed by atoms with Crippen LogP contribution in [0.4, 0.5) is 0 Å². The molecule has 1 aromatic rings. The van der Waals surface area contributed by atoms with E-state index in [2.05, 4.69) is 0 Å². The van der Waals surface area contributed by atoms with Crippen LogP contribution in [0.3, 0.4) is 0 Å². The Morgan fingerprint density at radius 3 is 2.78 bits per heavy atom. The van der Waals surface area contributed by atoms with Crippen molar-refractivity contribution < 1.29 is 24.5 Å². The molecule has 1 aromatic carbocycles. The van der Waals surface area contributed by atoms with Gasteiger partial charge in [0.25, 0.3) is 5.91 Å². The van der Waals surface area contributed by atoms with Crippen LogP contribution in [-0.4, -0.2) is 76.8 Å². The minimum atomic E-state index is -0.960. The van der Waals surface area contributed by atoms with Gasteiger partial charge in [-0.3, -0.25) is 9.59 Å². The molecule has 0 aromatic heterocycles. The summed E-state index contributed by atoms with van der Waals surface area (Å²) in [5.74, 6) is -0.681. The normalized spacial score (nSPS) is 23.5. The first-order valence-corrected chi connectivity index (χ1v) is 9.60. The number of piperazine rings is 1. The van der Waals surface area contributed by atoms with E-state index in [0.717, 1.165) is 0 Å². The van der Waals surface area contributed by atoms with Crippen LogP contribution in [-0.2, 0) is 14.3 Å². The number of phenolic OH excluding ortho intramolecular Hbond substituents is 1. The highest BCUT2D eigenvalue weighted by molar-refractivity contribution is 6.42. The second-order valence-electron chi connectivity index (χ2n) is 6.77. The van der Waals surface area contributed by atoms with Gasteiger partial charge < -0.3 is 24.7 Å². The molecule has 7 nitrogen and oxygen atoms in total. The molecule has 0 radical (unpaired) electrons. The molecule has 27 heavy (non-hydrogen) atoms. The van der Waals surface area contributed by atoms with Crippen LogP contribution >= 0.6 is 23.2 Å². The van der Waals surface area contributed by atoms with Crippen LogP contribution in [0.2, 0.25) is 10.0 Å². The summed E-state index contributed by atoms with van der Waals surface area (Å²) >= 11 is 12.4. The van der Waals surface area contributed by atoms with Gasteiger partial charge in [0, 0.05) is 31.2 Å². The second-order valence-corrected chi connectivity index (χ2v) is 7.56. The van der Waals surface area contributed by atoms with E-state index < -0.39 is 12.7 Å². The first-order valence-electron chi connectivity index (χ1n) is 8.84. The molecule has 0 saturated carbocycles. The zero-order valence-corrected chi connectivity index (χ0v) is 16.4. The van der Waals surface area contributed by atoms with Crippen molar-refractivity contribution in [3.05, 3.63) is 27.7 Å². The topological polar surface area (TPSA) is 90.3 Å². The predicted octanol–water partition coefficient (Wildman–Crippen LogP) is 1.62.